The maximum absolute atomic E-state index is 11.8. The molecule has 0 N–H and O–H groups in total. The largest absolute Gasteiger partial charge is 0.495 e. The number of aromatic nitrogens is 4. The Morgan fingerprint density at radius 2 is 1.07 bits per heavy atom. The molecular formula is C36H36BBrCl4N4O8Pd. The maximum Gasteiger partial charge on any atom is 0.487 e. The van der Waals surface area contributed by atoms with Crippen molar-refractivity contribution in [2.75, 3.05) is 28.4 Å². The summed E-state index contributed by atoms with van der Waals surface area (Å²) in [5, 5.41) is 1.23. The van der Waals surface area contributed by atoms with Gasteiger partial charge >= 0.3 is 19.1 Å². The minimum absolute atomic E-state index is 0. The number of methoxy groups -OCH3 is 4. The van der Waals surface area contributed by atoms with E-state index >= 15 is 0 Å². The first kappa shape index (κ1) is 48.1. The van der Waals surface area contributed by atoms with Crippen LogP contribution < -0.4 is 9.47 Å². The van der Waals surface area contributed by atoms with Crippen LogP contribution in [0.5, 0.6) is 11.5 Å². The maximum atomic E-state index is 11.8. The van der Waals surface area contributed by atoms with Crippen molar-refractivity contribution in [3.63, 3.8) is 0 Å². The molecule has 0 unspecified atom stereocenters. The summed E-state index contributed by atoms with van der Waals surface area (Å²) in [7, 11) is 5.10. The van der Waals surface area contributed by atoms with Gasteiger partial charge in [0, 0.05) is 50.8 Å². The molecule has 3 heterocycles. The molecule has 0 bridgehead atoms. The van der Waals surface area contributed by atoms with Gasteiger partial charge in [-0.3, -0.25) is 0 Å². The summed E-state index contributed by atoms with van der Waals surface area (Å²) in [6.45, 7) is 7.92. The zero-order valence-electron chi connectivity index (χ0n) is 30.8. The summed E-state index contributed by atoms with van der Waals surface area (Å²) < 4.78 is 32.5. The monoisotopic (exact) mass is 988 g/mol. The van der Waals surface area contributed by atoms with Gasteiger partial charge < -0.3 is 28.3 Å². The molecule has 0 spiro atoms. The molecule has 0 radical (unpaired) electrons. The van der Waals surface area contributed by atoms with Crippen molar-refractivity contribution in [3.05, 3.63) is 108 Å². The Labute approximate surface area is 362 Å². The van der Waals surface area contributed by atoms with Crippen molar-refractivity contribution in [1.29, 1.82) is 0 Å². The third kappa shape index (κ3) is 13.8. The van der Waals surface area contributed by atoms with Crippen molar-refractivity contribution in [2.45, 2.75) is 38.9 Å². The summed E-state index contributed by atoms with van der Waals surface area (Å²) in [5.74, 6) is 1.61. The summed E-state index contributed by atoms with van der Waals surface area (Å²) in [6, 6.07) is 6.32. The number of carbonyl (C=O) groups excluding carboxylic acids is 2. The Bertz CT molecular complexity index is 1960. The van der Waals surface area contributed by atoms with Crippen LogP contribution in [0.3, 0.4) is 0 Å². The van der Waals surface area contributed by atoms with E-state index in [0.29, 0.717) is 43.8 Å². The summed E-state index contributed by atoms with van der Waals surface area (Å²) in [5.41, 5.74) is 1.82. The van der Waals surface area contributed by atoms with Gasteiger partial charge in [-0.1, -0.05) is 47.4 Å². The molecule has 55 heavy (non-hydrogen) atoms. The van der Waals surface area contributed by atoms with Gasteiger partial charge in [-0.15, -0.1) is 0 Å². The summed E-state index contributed by atoms with van der Waals surface area (Å²) in [6.07, 6.45) is 11.5. The summed E-state index contributed by atoms with van der Waals surface area (Å²) in [4.78, 5) is 38.6. The Morgan fingerprint density at radius 1 is 0.673 bits per heavy atom. The molecule has 296 valence electrons. The van der Waals surface area contributed by atoms with Crippen LogP contribution in [-0.4, -0.2) is 78.6 Å². The minimum atomic E-state index is -0.501. The van der Waals surface area contributed by atoms with Gasteiger partial charge in [0.1, 0.15) is 11.5 Å². The van der Waals surface area contributed by atoms with Crippen LogP contribution in [0.15, 0.2) is 59.5 Å². The van der Waals surface area contributed by atoms with Crippen molar-refractivity contribution in [1.82, 2.24) is 19.9 Å². The topological polar surface area (TPSA) is 141 Å². The Balaban J connectivity index is 0.000000312. The average molecular weight is 992 g/mol. The molecule has 0 saturated carbocycles. The molecule has 1 saturated heterocycles. The number of esters is 2. The molecule has 1 aliphatic heterocycles. The normalized spacial score (nSPS) is 13.9. The van der Waals surface area contributed by atoms with Crippen molar-refractivity contribution >= 4 is 99.6 Å². The van der Waals surface area contributed by atoms with Crippen LogP contribution in [0.4, 0.5) is 0 Å². The van der Waals surface area contributed by atoms with E-state index in [-0.39, 0.29) is 31.0 Å². The number of nitrogens with zero attached hydrogens (tertiary/aromatic N) is 4. The van der Waals surface area contributed by atoms with Crippen molar-refractivity contribution < 1.29 is 58.3 Å². The molecule has 2 aromatic heterocycles. The average Bonchev–Trinajstić information content (AvgIpc) is 3.37. The molecular weight excluding hydrogens is 955 g/mol. The van der Waals surface area contributed by atoms with E-state index in [1.807, 2.05) is 27.7 Å². The van der Waals surface area contributed by atoms with Crippen LogP contribution in [0.1, 0.15) is 65.1 Å². The van der Waals surface area contributed by atoms with Gasteiger partial charge in [0.2, 0.25) is 10.6 Å². The zero-order valence-corrected chi connectivity index (χ0v) is 36.9. The standard InChI is InChI=1S/C17H22BClO5.C15H12Cl2N2O3.C4H2BrClN2.Pd/c1-16(2)17(3,4)24-18(23-16)8-7-11-9-12(15(20)22-6)10-13(21-5)14(11)19;1-21-12-6-11(14(20)22-2)5-10(13(12)16)4-3-9-7-18-15(17)19-8-9;5-3-1-7-4(6)8-2-3;/h7-10H,1-6H3;3-8H,1-2H3;1-2H;/b8-7+;4-3+;;. The predicted molar refractivity (Wildman–Crippen MR) is 215 cm³/mol. The van der Waals surface area contributed by atoms with Crippen molar-refractivity contribution in [2.24, 2.45) is 0 Å². The first-order valence-corrected chi connectivity index (χ1v) is 18.0. The predicted octanol–water partition coefficient (Wildman–Crippen LogP) is 9.42. The number of carbonyl (C=O) groups is 2. The van der Waals surface area contributed by atoms with E-state index in [4.69, 9.17) is 74.7 Å². The number of hydrogen-bond donors (Lipinski definition) is 0. The second kappa shape index (κ2) is 22.0. The second-order valence-corrected chi connectivity index (χ2v) is 14.3. The molecule has 1 fully saturated rings. The smallest absolute Gasteiger partial charge is 0.487 e. The van der Waals surface area contributed by atoms with E-state index in [9.17, 15) is 9.59 Å². The third-order valence-corrected chi connectivity index (χ3v) is 9.41. The molecule has 1 aliphatic rings. The molecule has 0 aliphatic carbocycles. The van der Waals surface area contributed by atoms with Crippen LogP contribution in [-0.2, 0) is 39.2 Å². The van der Waals surface area contributed by atoms with Crippen LogP contribution in [0.25, 0.3) is 18.2 Å². The fraction of sp³-hybridized carbons (Fsp3) is 0.278. The second-order valence-electron chi connectivity index (χ2n) is 11.9. The Kier molecular flexibility index (Phi) is 19.2. The Morgan fingerprint density at radius 3 is 1.45 bits per heavy atom. The minimum Gasteiger partial charge on any atom is -0.495 e. The van der Waals surface area contributed by atoms with Crippen molar-refractivity contribution in [3.8, 4) is 11.5 Å². The number of halogens is 5. The van der Waals surface area contributed by atoms with E-state index in [2.05, 4.69) is 35.9 Å². The van der Waals surface area contributed by atoms with Crippen LogP contribution in [0.2, 0.25) is 20.6 Å². The molecule has 5 rings (SSSR count). The van der Waals surface area contributed by atoms with Crippen LogP contribution >= 0.6 is 62.3 Å². The molecule has 4 aromatic rings. The van der Waals surface area contributed by atoms with E-state index in [1.54, 1.807) is 67.2 Å². The van der Waals surface area contributed by atoms with Gasteiger partial charge in [0.25, 0.3) is 0 Å². The van der Waals surface area contributed by atoms with Gasteiger partial charge in [-0.25, -0.2) is 29.5 Å². The van der Waals surface area contributed by atoms with E-state index in [0.717, 1.165) is 10.0 Å². The van der Waals surface area contributed by atoms with Gasteiger partial charge in [-0.05, 0) is 102 Å². The molecule has 0 atom stereocenters. The summed E-state index contributed by atoms with van der Waals surface area (Å²) >= 11 is 26.7. The number of ether oxygens (including phenoxy) is 4. The van der Waals surface area contributed by atoms with E-state index < -0.39 is 30.3 Å². The molecule has 19 heteroatoms. The fourth-order valence-electron chi connectivity index (χ4n) is 4.29. The zero-order chi connectivity index (χ0) is 40.2. The first-order valence-electron chi connectivity index (χ1n) is 15.7. The quantitative estimate of drug-likeness (QED) is 0.0944. The number of hydrogen-bond acceptors (Lipinski definition) is 12. The fourth-order valence-corrected chi connectivity index (χ4v) is 5.19. The van der Waals surface area contributed by atoms with E-state index in [1.165, 1.54) is 34.5 Å². The van der Waals surface area contributed by atoms with Crippen LogP contribution in [0, 0.1) is 0 Å². The number of benzene rings is 2. The van der Waals surface area contributed by atoms with Gasteiger partial charge in [-0.2, -0.15) is 0 Å². The Hall–Kier alpha value is -3.09. The number of rotatable bonds is 8. The van der Waals surface area contributed by atoms with Gasteiger partial charge in [0.05, 0.1) is 65.3 Å². The SMILES string of the molecule is COC(=O)c1cc(/C=C/B2OC(C)(C)C(C)(C)O2)c(Cl)c(OC)c1.COC(=O)c1cc(/C=C/c2cnc(Cl)nc2)c(Cl)c(OC)c1.Clc1ncc(Br)cn1.[Pd]. The molecule has 2 aromatic carbocycles. The van der Waals surface area contributed by atoms with Gasteiger partial charge in [0.15, 0.2) is 0 Å². The molecule has 0 amide bonds. The third-order valence-electron chi connectivity index (χ3n) is 7.81. The molecule has 12 nitrogen and oxygen atoms in total. The first-order chi connectivity index (χ1) is 25.4.